The zero-order valence-corrected chi connectivity index (χ0v) is 18.7. The Morgan fingerprint density at radius 2 is 2.19 bits per heavy atom. The molecule has 2 aromatic rings. The van der Waals surface area contributed by atoms with Gasteiger partial charge in [0.15, 0.2) is 0 Å². The van der Waals surface area contributed by atoms with E-state index in [0.717, 1.165) is 43.2 Å². The smallest absolute Gasteiger partial charge is 0.246 e. The van der Waals surface area contributed by atoms with Crippen LogP contribution in [0.5, 0.6) is 5.75 Å². The van der Waals surface area contributed by atoms with Crippen molar-refractivity contribution in [3.8, 4) is 5.75 Å². The summed E-state index contributed by atoms with van der Waals surface area (Å²) in [6.45, 7) is 4.60. The van der Waals surface area contributed by atoms with Crippen LogP contribution in [0.25, 0.3) is 6.08 Å². The predicted octanol–water partition coefficient (Wildman–Crippen LogP) is 4.13. The lowest BCUT2D eigenvalue weighted by molar-refractivity contribution is -0.132. The van der Waals surface area contributed by atoms with Gasteiger partial charge in [-0.05, 0) is 73.5 Å². The number of carbonyl (C=O) groups excluding carboxylic acids is 1. The molecule has 1 aliphatic heterocycles. The molecule has 0 spiro atoms. The molecule has 1 aromatic carbocycles. The van der Waals surface area contributed by atoms with Gasteiger partial charge in [-0.3, -0.25) is 9.69 Å². The molecular formula is C26H32N2O3. The molecule has 31 heavy (non-hydrogen) atoms. The second-order valence-corrected chi connectivity index (χ2v) is 9.68. The number of likely N-dealkylation sites (tertiary alicyclic amines) is 1. The van der Waals surface area contributed by atoms with Crippen molar-refractivity contribution >= 4 is 12.0 Å². The Morgan fingerprint density at radius 1 is 1.35 bits per heavy atom. The molecule has 2 heterocycles. The molecular weight excluding hydrogens is 388 g/mol. The number of nitrogens with zero attached hydrogens (tertiary/aromatic N) is 2. The summed E-state index contributed by atoms with van der Waals surface area (Å²) in [6.07, 6.45) is 11.5. The third-order valence-corrected chi connectivity index (χ3v) is 7.68. The van der Waals surface area contributed by atoms with Crippen molar-refractivity contribution in [2.75, 3.05) is 27.2 Å². The number of hydrogen-bond donors (Lipinski definition) is 0. The largest absolute Gasteiger partial charge is 0.497 e. The number of furan rings is 1. The number of hydrogen-bond acceptors (Lipinski definition) is 4. The lowest BCUT2D eigenvalue weighted by Gasteiger charge is -2.58. The van der Waals surface area contributed by atoms with E-state index in [1.807, 2.05) is 24.1 Å². The molecule has 2 bridgehead atoms. The number of likely N-dealkylation sites (N-methyl/N-ethyl adjacent to an activating group) is 1. The third kappa shape index (κ3) is 3.69. The molecule has 1 saturated carbocycles. The minimum absolute atomic E-state index is 0.0436. The van der Waals surface area contributed by atoms with E-state index >= 15 is 0 Å². The second kappa shape index (κ2) is 7.86. The van der Waals surface area contributed by atoms with Crippen LogP contribution in [0, 0.1) is 5.92 Å². The minimum atomic E-state index is -0.0965. The molecule has 3 aliphatic rings. The van der Waals surface area contributed by atoms with Crippen LogP contribution in [0.2, 0.25) is 0 Å². The van der Waals surface area contributed by atoms with Gasteiger partial charge in [0.1, 0.15) is 5.75 Å². The summed E-state index contributed by atoms with van der Waals surface area (Å²) in [5, 5.41) is 0. The zero-order chi connectivity index (χ0) is 21.6. The molecule has 2 aliphatic carbocycles. The summed E-state index contributed by atoms with van der Waals surface area (Å²) in [4.78, 5) is 17.9. The Labute approximate surface area is 184 Å². The Balaban J connectivity index is 1.50. The SMILES string of the molecule is COc1ccc2c(c1)[C@@]1(C)CCN(CC3CC3)C(C2)[C@@H]1N(C)C(=O)/C=C/c1ccoc1. The fourth-order valence-electron chi connectivity index (χ4n) is 5.80. The number of piperidine rings is 1. The maximum atomic E-state index is 13.3. The number of amides is 1. The summed E-state index contributed by atoms with van der Waals surface area (Å²) < 4.78 is 10.7. The lowest BCUT2D eigenvalue weighted by Crippen LogP contribution is -2.68. The van der Waals surface area contributed by atoms with Crippen molar-refractivity contribution in [2.24, 2.45) is 5.92 Å². The van der Waals surface area contributed by atoms with Crippen LogP contribution in [0.1, 0.15) is 42.9 Å². The van der Waals surface area contributed by atoms with Crippen molar-refractivity contribution in [3.63, 3.8) is 0 Å². The molecule has 2 fully saturated rings. The van der Waals surface area contributed by atoms with Crippen LogP contribution in [0.4, 0.5) is 0 Å². The first kappa shape index (κ1) is 20.4. The van der Waals surface area contributed by atoms with E-state index in [9.17, 15) is 4.79 Å². The van der Waals surface area contributed by atoms with Gasteiger partial charge in [-0.1, -0.05) is 13.0 Å². The fraction of sp³-hybridized carbons (Fsp3) is 0.500. The van der Waals surface area contributed by atoms with Gasteiger partial charge in [0.25, 0.3) is 0 Å². The molecule has 3 atom stereocenters. The van der Waals surface area contributed by atoms with Gasteiger partial charge in [-0.2, -0.15) is 0 Å². The monoisotopic (exact) mass is 420 g/mol. The van der Waals surface area contributed by atoms with Crippen molar-refractivity contribution in [2.45, 2.75) is 50.1 Å². The number of benzene rings is 1. The molecule has 5 nitrogen and oxygen atoms in total. The first-order valence-corrected chi connectivity index (χ1v) is 11.4. The average molecular weight is 421 g/mol. The van der Waals surface area contributed by atoms with Crippen molar-refractivity contribution < 1.29 is 13.9 Å². The van der Waals surface area contributed by atoms with Crippen LogP contribution < -0.4 is 4.74 Å². The van der Waals surface area contributed by atoms with Gasteiger partial charge in [0.05, 0.1) is 25.7 Å². The van der Waals surface area contributed by atoms with E-state index in [1.165, 1.54) is 24.0 Å². The Hall–Kier alpha value is -2.53. The topological polar surface area (TPSA) is 45.9 Å². The van der Waals surface area contributed by atoms with Crippen LogP contribution in [0.15, 0.2) is 47.3 Å². The van der Waals surface area contributed by atoms with Gasteiger partial charge in [0.2, 0.25) is 5.91 Å². The van der Waals surface area contributed by atoms with Crippen LogP contribution in [-0.4, -0.2) is 55.0 Å². The molecule has 5 rings (SSSR count). The van der Waals surface area contributed by atoms with E-state index in [4.69, 9.17) is 9.15 Å². The number of carbonyl (C=O) groups is 1. The van der Waals surface area contributed by atoms with Gasteiger partial charge in [-0.25, -0.2) is 0 Å². The first-order chi connectivity index (χ1) is 15.0. The third-order valence-electron chi connectivity index (χ3n) is 7.68. The van der Waals surface area contributed by atoms with Crippen molar-refractivity contribution in [1.29, 1.82) is 0 Å². The van der Waals surface area contributed by atoms with E-state index in [-0.39, 0.29) is 17.4 Å². The zero-order valence-electron chi connectivity index (χ0n) is 18.7. The first-order valence-electron chi connectivity index (χ1n) is 11.4. The van der Waals surface area contributed by atoms with Gasteiger partial charge in [0, 0.05) is 36.7 Å². The summed E-state index contributed by atoms with van der Waals surface area (Å²) in [5.74, 6) is 1.78. The lowest BCUT2D eigenvalue weighted by atomic mass is 9.61. The van der Waals surface area contributed by atoms with Crippen molar-refractivity contribution in [3.05, 3.63) is 59.6 Å². The summed E-state index contributed by atoms with van der Waals surface area (Å²) in [6, 6.07) is 8.84. The predicted molar refractivity (Wildman–Crippen MR) is 121 cm³/mol. The van der Waals surface area contributed by atoms with Gasteiger partial charge in [-0.15, -0.1) is 0 Å². The van der Waals surface area contributed by atoms with Crippen LogP contribution in [0.3, 0.4) is 0 Å². The molecule has 5 heteroatoms. The van der Waals surface area contributed by atoms with E-state index < -0.39 is 0 Å². The number of methoxy groups -OCH3 is 1. The van der Waals surface area contributed by atoms with Crippen LogP contribution >= 0.6 is 0 Å². The molecule has 0 N–H and O–H groups in total. The molecule has 1 aromatic heterocycles. The maximum absolute atomic E-state index is 13.3. The average Bonchev–Trinajstić information content (AvgIpc) is 3.44. The summed E-state index contributed by atoms with van der Waals surface area (Å²) in [5.41, 5.74) is 3.56. The molecule has 1 amide bonds. The Morgan fingerprint density at radius 3 is 2.90 bits per heavy atom. The summed E-state index contributed by atoms with van der Waals surface area (Å²) >= 11 is 0. The van der Waals surface area contributed by atoms with Crippen molar-refractivity contribution in [1.82, 2.24) is 9.80 Å². The molecule has 1 saturated heterocycles. The van der Waals surface area contributed by atoms with Gasteiger partial charge >= 0.3 is 0 Å². The highest BCUT2D eigenvalue weighted by Crippen LogP contribution is 2.48. The highest BCUT2D eigenvalue weighted by atomic mass is 16.5. The number of ether oxygens (including phenoxy) is 1. The number of fused-ring (bicyclic) bond motifs is 4. The molecule has 1 unspecified atom stereocenters. The van der Waals surface area contributed by atoms with E-state index in [2.05, 4.69) is 30.0 Å². The Bertz CT molecular complexity index is 979. The Kier molecular flexibility index (Phi) is 5.17. The second-order valence-electron chi connectivity index (χ2n) is 9.68. The van der Waals surface area contributed by atoms with Crippen LogP contribution in [-0.2, 0) is 16.6 Å². The van der Waals surface area contributed by atoms with Gasteiger partial charge < -0.3 is 14.1 Å². The molecule has 0 radical (unpaired) electrons. The maximum Gasteiger partial charge on any atom is 0.246 e. The normalized spacial score (nSPS) is 27.8. The highest BCUT2D eigenvalue weighted by Gasteiger charge is 2.53. The van der Waals surface area contributed by atoms with E-state index in [1.54, 1.807) is 25.7 Å². The standard InChI is InChI=1S/C26H32N2O3/c1-26-11-12-28(16-18-4-5-18)23(14-20-7-8-21(30-3)15-22(20)26)25(26)27(2)24(29)9-6-19-10-13-31-17-19/h6-10,13,15,17-18,23,25H,4-5,11-12,14,16H2,1-3H3/b9-6+/t23?,25-,26+/m0/s1. The minimum Gasteiger partial charge on any atom is -0.497 e. The molecule has 164 valence electrons. The number of rotatable bonds is 6. The van der Waals surface area contributed by atoms with E-state index in [0.29, 0.717) is 6.04 Å². The highest BCUT2D eigenvalue weighted by molar-refractivity contribution is 5.92. The summed E-state index contributed by atoms with van der Waals surface area (Å²) in [7, 11) is 3.70. The quantitative estimate of drug-likeness (QED) is 0.660. The fourth-order valence-corrected chi connectivity index (χ4v) is 5.80.